The molecule has 2 aliphatic rings. The highest BCUT2D eigenvalue weighted by Crippen LogP contribution is 2.38. The number of Topliss-reactive ketones (excluding diaryl/α,β-unsaturated/α-hetero) is 1. The third-order valence-corrected chi connectivity index (χ3v) is 5.38. The summed E-state index contributed by atoms with van der Waals surface area (Å²) < 4.78 is 22.7. The van der Waals surface area contributed by atoms with Crippen molar-refractivity contribution >= 4 is 23.5 Å². The standard InChI is InChI=1S/C25H19ClO5/c1-15-2-4-16(5-3-15)12-29-20-6-7-21-22(11-20)31-23(24(21)27)10-17-8-19(26)9-18-13-28-14-30-25(17)18/h2-11H,12-14H2,1H3. The smallest absolute Gasteiger partial charge is 0.231 e. The highest BCUT2D eigenvalue weighted by molar-refractivity contribution is 6.31. The molecule has 0 amide bonds. The lowest BCUT2D eigenvalue weighted by Crippen LogP contribution is -2.12. The number of halogens is 1. The average Bonchev–Trinajstić information content (AvgIpc) is 3.08. The second kappa shape index (κ2) is 8.10. The highest BCUT2D eigenvalue weighted by Gasteiger charge is 2.28. The molecule has 3 aromatic rings. The molecule has 5 nitrogen and oxygen atoms in total. The predicted molar refractivity (Wildman–Crippen MR) is 117 cm³/mol. The SMILES string of the molecule is Cc1ccc(COc2ccc3c(c2)OC(=Cc2cc(Cl)cc4c2OCOC4)C3=O)cc1. The van der Waals surface area contributed by atoms with Gasteiger partial charge in [-0.1, -0.05) is 41.4 Å². The number of fused-ring (bicyclic) bond motifs is 2. The molecule has 0 saturated heterocycles. The topological polar surface area (TPSA) is 54.0 Å². The molecule has 0 aliphatic carbocycles. The summed E-state index contributed by atoms with van der Waals surface area (Å²) in [6.07, 6.45) is 1.66. The Morgan fingerprint density at radius 3 is 2.77 bits per heavy atom. The van der Waals surface area contributed by atoms with Crippen molar-refractivity contribution in [2.45, 2.75) is 20.1 Å². The van der Waals surface area contributed by atoms with E-state index in [4.69, 9.17) is 30.5 Å². The molecular formula is C25H19ClO5. The summed E-state index contributed by atoms with van der Waals surface area (Å²) >= 11 is 6.22. The number of ketones is 1. The number of hydrogen-bond acceptors (Lipinski definition) is 5. The molecule has 156 valence electrons. The van der Waals surface area contributed by atoms with Crippen LogP contribution in [0.15, 0.2) is 60.4 Å². The maximum Gasteiger partial charge on any atom is 0.231 e. The van der Waals surface area contributed by atoms with Crippen molar-refractivity contribution in [1.29, 1.82) is 0 Å². The molecule has 3 aromatic carbocycles. The molecule has 0 unspecified atom stereocenters. The van der Waals surface area contributed by atoms with Crippen molar-refractivity contribution in [3.63, 3.8) is 0 Å². The van der Waals surface area contributed by atoms with E-state index >= 15 is 0 Å². The second-order valence-electron chi connectivity index (χ2n) is 7.47. The number of ether oxygens (including phenoxy) is 4. The predicted octanol–water partition coefficient (Wildman–Crippen LogP) is 5.71. The Morgan fingerprint density at radius 2 is 1.94 bits per heavy atom. The van der Waals surface area contributed by atoms with E-state index in [2.05, 4.69) is 0 Å². The van der Waals surface area contributed by atoms with E-state index in [0.717, 1.165) is 11.1 Å². The number of allylic oxidation sites excluding steroid dienone is 1. The van der Waals surface area contributed by atoms with Crippen molar-refractivity contribution in [2.75, 3.05) is 6.79 Å². The lowest BCUT2D eigenvalue weighted by atomic mass is 10.1. The number of rotatable bonds is 4. The summed E-state index contributed by atoms with van der Waals surface area (Å²) in [5, 5.41) is 0.537. The quantitative estimate of drug-likeness (QED) is 0.492. The van der Waals surface area contributed by atoms with Crippen molar-refractivity contribution in [3.05, 3.63) is 93.2 Å². The molecule has 2 heterocycles. The van der Waals surface area contributed by atoms with E-state index in [-0.39, 0.29) is 18.3 Å². The van der Waals surface area contributed by atoms with Crippen molar-refractivity contribution in [2.24, 2.45) is 0 Å². The van der Waals surface area contributed by atoms with Gasteiger partial charge in [-0.05, 0) is 42.8 Å². The average molecular weight is 435 g/mol. The van der Waals surface area contributed by atoms with Gasteiger partial charge in [0.1, 0.15) is 23.9 Å². The van der Waals surface area contributed by atoms with Gasteiger partial charge in [0.05, 0.1) is 12.2 Å². The Morgan fingerprint density at radius 1 is 1.10 bits per heavy atom. The first-order valence-electron chi connectivity index (χ1n) is 9.86. The van der Waals surface area contributed by atoms with Crippen molar-refractivity contribution in [3.8, 4) is 17.2 Å². The van der Waals surface area contributed by atoms with Crippen LogP contribution in [-0.4, -0.2) is 12.6 Å². The van der Waals surface area contributed by atoms with Gasteiger partial charge in [0.2, 0.25) is 5.78 Å². The highest BCUT2D eigenvalue weighted by atomic mass is 35.5. The van der Waals surface area contributed by atoms with Crippen molar-refractivity contribution < 1.29 is 23.7 Å². The number of carbonyl (C=O) groups excluding carboxylic acids is 1. The van der Waals surface area contributed by atoms with Gasteiger partial charge < -0.3 is 18.9 Å². The third-order valence-electron chi connectivity index (χ3n) is 5.16. The van der Waals surface area contributed by atoms with Gasteiger partial charge in [-0.25, -0.2) is 0 Å². The van der Waals surface area contributed by atoms with Gasteiger partial charge in [-0.3, -0.25) is 4.79 Å². The molecule has 2 aliphatic heterocycles. The van der Waals surface area contributed by atoms with Crippen LogP contribution in [0.5, 0.6) is 17.2 Å². The number of aryl methyl sites for hydroxylation is 1. The molecule has 0 fully saturated rings. The van der Waals surface area contributed by atoms with Gasteiger partial charge in [0.15, 0.2) is 12.6 Å². The van der Waals surface area contributed by atoms with Crippen LogP contribution in [0.1, 0.15) is 32.6 Å². The molecule has 0 saturated carbocycles. The second-order valence-corrected chi connectivity index (χ2v) is 7.90. The minimum Gasteiger partial charge on any atom is -0.489 e. The summed E-state index contributed by atoms with van der Waals surface area (Å²) in [6.45, 7) is 3.04. The molecule has 0 N–H and O–H groups in total. The van der Waals surface area contributed by atoms with Gasteiger partial charge >= 0.3 is 0 Å². The summed E-state index contributed by atoms with van der Waals surface area (Å²) in [5.74, 6) is 1.77. The molecule has 31 heavy (non-hydrogen) atoms. The summed E-state index contributed by atoms with van der Waals surface area (Å²) in [6, 6.07) is 16.9. The first-order chi connectivity index (χ1) is 15.1. The molecule has 5 rings (SSSR count). The van der Waals surface area contributed by atoms with Crippen LogP contribution in [0.3, 0.4) is 0 Å². The fourth-order valence-electron chi connectivity index (χ4n) is 3.57. The molecule has 0 spiro atoms. The van der Waals surface area contributed by atoms with Crippen LogP contribution in [0.25, 0.3) is 6.08 Å². The zero-order chi connectivity index (χ0) is 21.4. The number of benzene rings is 3. The molecule has 0 radical (unpaired) electrons. The first-order valence-corrected chi connectivity index (χ1v) is 10.2. The van der Waals surface area contributed by atoms with E-state index < -0.39 is 0 Å². The number of hydrogen-bond donors (Lipinski definition) is 0. The minimum absolute atomic E-state index is 0.154. The lowest BCUT2D eigenvalue weighted by Gasteiger charge is -2.20. The summed E-state index contributed by atoms with van der Waals surface area (Å²) in [5.41, 5.74) is 4.28. The van der Waals surface area contributed by atoms with E-state index in [1.165, 1.54) is 5.56 Å². The normalized spacial score (nSPS) is 15.8. The van der Waals surface area contributed by atoms with E-state index in [0.29, 0.717) is 46.6 Å². The van der Waals surface area contributed by atoms with Crippen LogP contribution in [0.4, 0.5) is 0 Å². The molecule has 0 atom stereocenters. The third kappa shape index (κ3) is 4.02. The van der Waals surface area contributed by atoms with Gasteiger partial charge in [0.25, 0.3) is 0 Å². The van der Waals surface area contributed by atoms with E-state index in [9.17, 15) is 4.79 Å². The Bertz CT molecular complexity index is 1200. The molecule has 6 heteroatoms. The molecular weight excluding hydrogens is 416 g/mol. The van der Waals surface area contributed by atoms with Gasteiger partial charge in [0, 0.05) is 22.2 Å². The van der Waals surface area contributed by atoms with Crippen LogP contribution >= 0.6 is 11.6 Å². The fourth-order valence-corrected chi connectivity index (χ4v) is 3.81. The fraction of sp³-hybridized carbons (Fsp3) is 0.160. The minimum atomic E-state index is -0.194. The van der Waals surface area contributed by atoms with Crippen LogP contribution in [-0.2, 0) is 18.0 Å². The van der Waals surface area contributed by atoms with Crippen LogP contribution in [0.2, 0.25) is 5.02 Å². The zero-order valence-electron chi connectivity index (χ0n) is 16.8. The van der Waals surface area contributed by atoms with E-state index in [1.807, 2.05) is 31.2 Å². The maximum atomic E-state index is 12.8. The molecule has 0 bridgehead atoms. The van der Waals surface area contributed by atoms with Gasteiger partial charge in [-0.2, -0.15) is 0 Å². The first kappa shape index (κ1) is 19.7. The van der Waals surface area contributed by atoms with Crippen LogP contribution in [0, 0.1) is 6.92 Å². The Hall–Kier alpha value is -3.28. The largest absolute Gasteiger partial charge is 0.489 e. The van der Waals surface area contributed by atoms with Gasteiger partial charge in [-0.15, -0.1) is 0 Å². The monoisotopic (exact) mass is 434 g/mol. The molecule has 0 aromatic heterocycles. The lowest BCUT2D eigenvalue weighted by molar-refractivity contribution is -0.0165. The Balaban J connectivity index is 1.38. The summed E-state index contributed by atoms with van der Waals surface area (Å²) in [7, 11) is 0. The maximum absolute atomic E-state index is 12.8. The number of carbonyl (C=O) groups is 1. The van der Waals surface area contributed by atoms with Crippen molar-refractivity contribution in [1.82, 2.24) is 0 Å². The van der Waals surface area contributed by atoms with E-state index in [1.54, 1.807) is 36.4 Å². The Kier molecular flexibility index (Phi) is 5.14. The Labute approximate surface area is 184 Å². The van der Waals surface area contributed by atoms with Crippen LogP contribution < -0.4 is 14.2 Å². The zero-order valence-corrected chi connectivity index (χ0v) is 17.6. The summed E-state index contributed by atoms with van der Waals surface area (Å²) in [4.78, 5) is 12.8.